The molecule has 2 aliphatic rings. The lowest BCUT2D eigenvalue weighted by Crippen LogP contribution is -2.37. The van der Waals surface area contributed by atoms with Gasteiger partial charge in [-0.25, -0.2) is 8.42 Å². The van der Waals surface area contributed by atoms with Crippen LogP contribution < -0.4 is 10.1 Å². The zero-order valence-corrected chi connectivity index (χ0v) is 12.1. The zero-order chi connectivity index (χ0) is 15.0. The van der Waals surface area contributed by atoms with Crippen molar-refractivity contribution in [3.8, 4) is 5.75 Å². The molecule has 1 amide bonds. The van der Waals surface area contributed by atoms with Crippen LogP contribution in [0.1, 0.15) is 12.8 Å². The van der Waals surface area contributed by atoms with Crippen molar-refractivity contribution >= 4 is 21.6 Å². The van der Waals surface area contributed by atoms with Crippen LogP contribution in [0.25, 0.3) is 0 Å². The van der Waals surface area contributed by atoms with Crippen molar-refractivity contribution in [1.82, 2.24) is 4.31 Å². The molecule has 0 saturated carbocycles. The van der Waals surface area contributed by atoms with Gasteiger partial charge in [0.25, 0.3) is 5.91 Å². The fourth-order valence-electron chi connectivity index (χ4n) is 2.67. The third-order valence-electron chi connectivity index (χ3n) is 3.72. The standard InChI is InChI=1S/C13H16N2O5S/c16-7-9-2-1-5-15(9)21(18,19)10-3-4-12-11(6-10)14-13(17)8-20-12/h3-4,6,9,16H,1-2,5,7-8H2,(H,14,17). The molecule has 0 aliphatic carbocycles. The highest BCUT2D eigenvalue weighted by atomic mass is 32.2. The predicted octanol–water partition coefficient (Wildman–Crippen LogP) is 0.163. The molecular formula is C13H16N2O5S. The number of amides is 1. The minimum Gasteiger partial charge on any atom is -0.482 e. The van der Waals surface area contributed by atoms with Crippen molar-refractivity contribution in [2.75, 3.05) is 25.1 Å². The highest BCUT2D eigenvalue weighted by Gasteiger charge is 2.35. The Bertz CT molecular complexity index is 673. The first-order valence-corrected chi connectivity index (χ1v) is 8.16. The maximum Gasteiger partial charge on any atom is 0.262 e. The molecule has 0 aromatic heterocycles. The van der Waals surface area contributed by atoms with Gasteiger partial charge in [0.15, 0.2) is 6.61 Å². The molecule has 2 aliphatic heterocycles. The predicted molar refractivity (Wildman–Crippen MR) is 74.6 cm³/mol. The van der Waals surface area contributed by atoms with Crippen LogP contribution in [0.2, 0.25) is 0 Å². The van der Waals surface area contributed by atoms with Crippen LogP contribution in [-0.4, -0.2) is 49.5 Å². The van der Waals surface area contributed by atoms with Gasteiger partial charge >= 0.3 is 0 Å². The Morgan fingerprint density at radius 1 is 1.43 bits per heavy atom. The Kier molecular flexibility index (Phi) is 3.60. The summed E-state index contributed by atoms with van der Waals surface area (Å²) >= 11 is 0. The quantitative estimate of drug-likeness (QED) is 0.829. The number of sulfonamides is 1. The van der Waals surface area contributed by atoms with Crippen LogP contribution >= 0.6 is 0 Å². The number of benzene rings is 1. The Morgan fingerprint density at radius 2 is 2.24 bits per heavy atom. The fourth-order valence-corrected chi connectivity index (χ4v) is 4.38. The normalized spacial score (nSPS) is 22.5. The highest BCUT2D eigenvalue weighted by Crippen LogP contribution is 2.33. The Hall–Kier alpha value is -1.64. The number of nitrogens with zero attached hydrogens (tertiary/aromatic N) is 1. The number of ether oxygens (including phenoxy) is 1. The van der Waals surface area contributed by atoms with Crippen molar-refractivity contribution < 1.29 is 23.1 Å². The first-order valence-electron chi connectivity index (χ1n) is 6.72. The number of hydrogen-bond donors (Lipinski definition) is 2. The smallest absolute Gasteiger partial charge is 0.262 e. The number of fused-ring (bicyclic) bond motifs is 1. The van der Waals surface area contributed by atoms with E-state index in [1.54, 1.807) is 0 Å². The molecule has 0 spiro atoms. The van der Waals surface area contributed by atoms with E-state index in [0.29, 0.717) is 24.4 Å². The van der Waals surface area contributed by atoms with E-state index >= 15 is 0 Å². The molecule has 21 heavy (non-hydrogen) atoms. The first-order chi connectivity index (χ1) is 10.0. The summed E-state index contributed by atoms with van der Waals surface area (Å²) in [6.45, 7) is 0.134. The number of hydrogen-bond acceptors (Lipinski definition) is 5. The third-order valence-corrected chi connectivity index (χ3v) is 5.67. The number of carbonyl (C=O) groups excluding carboxylic acids is 1. The first kappa shape index (κ1) is 14.3. The second kappa shape index (κ2) is 5.28. The molecule has 1 aromatic carbocycles. The summed E-state index contributed by atoms with van der Waals surface area (Å²) in [5.74, 6) is 0.139. The van der Waals surface area contributed by atoms with Gasteiger partial charge in [-0.05, 0) is 31.0 Å². The minimum atomic E-state index is -3.68. The highest BCUT2D eigenvalue weighted by molar-refractivity contribution is 7.89. The molecule has 7 nitrogen and oxygen atoms in total. The van der Waals surface area contributed by atoms with Gasteiger partial charge in [0.05, 0.1) is 17.2 Å². The zero-order valence-electron chi connectivity index (χ0n) is 11.3. The molecule has 1 aromatic rings. The van der Waals surface area contributed by atoms with Crippen molar-refractivity contribution in [2.45, 2.75) is 23.8 Å². The average molecular weight is 312 g/mol. The molecule has 1 fully saturated rings. The second-order valence-corrected chi connectivity index (χ2v) is 6.98. The van der Waals surface area contributed by atoms with E-state index in [1.807, 2.05) is 0 Å². The molecule has 2 N–H and O–H groups in total. The Morgan fingerprint density at radius 3 is 3.00 bits per heavy atom. The van der Waals surface area contributed by atoms with Crippen LogP contribution in [0, 0.1) is 0 Å². The molecule has 8 heteroatoms. The van der Waals surface area contributed by atoms with Crippen LogP contribution in [0.3, 0.4) is 0 Å². The van der Waals surface area contributed by atoms with E-state index in [1.165, 1.54) is 22.5 Å². The summed E-state index contributed by atoms with van der Waals surface area (Å²) in [6, 6.07) is 4.01. The van der Waals surface area contributed by atoms with Crippen LogP contribution in [0.4, 0.5) is 5.69 Å². The van der Waals surface area contributed by atoms with Crippen molar-refractivity contribution in [2.24, 2.45) is 0 Å². The number of aliphatic hydroxyl groups is 1. The maximum atomic E-state index is 12.6. The number of nitrogens with one attached hydrogen (secondary N) is 1. The van der Waals surface area contributed by atoms with E-state index in [9.17, 15) is 18.3 Å². The summed E-state index contributed by atoms with van der Waals surface area (Å²) < 4.78 is 31.8. The molecular weight excluding hydrogens is 296 g/mol. The van der Waals surface area contributed by atoms with Gasteiger partial charge in [0.1, 0.15) is 5.75 Å². The maximum absolute atomic E-state index is 12.6. The molecule has 0 radical (unpaired) electrons. The average Bonchev–Trinajstić information content (AvgIpc) is 2.95. The molecule has 3 rings (SSSR count). The van der Waals surface area contributed by atoms with E-state index in [2.05, 4.69) is 5.32 Å². The summed E-state index contributed by atoms with van der Waals surface area (Å²) in [5.41, 5.74) is 0.354. The monoisotopic (exact) mass is 312 g/mol. The topological polar surface area (TPSA) is 95.9 Å². The molecule has 1 saturated heterocycles. The van der Waals surface area contributed by atoms with Crippen molar-refractivity contribution in [1.29, 1.82) is 0 Å². The van der Waals surface area contributed by atoms with Gasteiger partial charge < -0.3 is 15.2 Å². The summed E-state index contributed by atoms with van der Waals surface area (Å²) in [4.78, 5) is 11.4. The van der Waals surface area contributed by atoms with E-state index < -0.39 is 10.0 Å². The van der Waals surface area contributed by atoms with E-state index in [4.69, 9.17) is 4.74 Å². The van der Waals surface area contributed by atoms with Gasteiger partial charge in [0.2, 0.25) is 10.0 Å². The van der Waals surface area contributed by atoms with Crippen molar-refractivity contribution in [3.63, 3.8) is 0 Å². The lowest BCUT2D eigenvalue weighted by atomic mass is 10.2. The van der Waals surface area contributed by atoms with E-state index in [0.717, 1.165) is 6.42 Å². The van der Waals surface area contributed by atoms with Crippen molar-refractivity contribution in [3.05, 3.63) is 18.2 Å². The van der Waals surface area contributed by atoms with Gasteiger partial charge in [-0.3, -0.25) is 4.79 Å². The molecule has 114 valence electrons. The number of carbonyl (C=O) groups is 1. The molecule has 1 atom stereocenters. The van der Waals surface area contributed by atoms with Gasteiger partial charge in [-0.1, -0.05) is 0 Å². The fraction of sp³-hybridized carbons (Fsp3) is 0.462. The SMILES string of the molecule is O=C1COc2ccc(S(=O)(=O)N3CCCC3CO)cc2N1. The number of rotatable bonds is 3. The summed E-state index contributed by atoms with van der Waals surface area (Å²) in [6.07, 6.45) is 1.38. The summed E-state index contributed by atoms with van der Waals surface area (Å²) in [5, 5.41) is 11.9. The van der Waals surface area contributed by atoms with Crippen LogP contribution in [0.5, 0.6) is 5.75 Å². The van der Waals surface area contributed by atoms with Gasteiger partial charge in [-0.2, -0.15) is 4.31 Å². The van der Waals surface area contributed by atoms with E-state index in [-0.39, 0.29) is 30.1 Å². The van der Waals surface area contributed by atoms with Gasteiger partial charge in [0, 0.05) is 12.6 Å². The Balaban J connectivity index is 1.96. The minimum absolute atomic E-state index is 0.0716. The largest absolute Gasteiger partial charge is 0.482 e. The third kappa shape index (κ3) is 2.50. The van der Waals surface area contributed by atoms with Gasteiger partial charge in [-0.15, -0.1) is 0 Å². The Labute approximate surface area is 122 Å². The summed E-state index contributed by atoms with van der Waals surface area (Å²) in [7, 11) is -3.68. The lowest BCUT2D eigenvalue weighted by molar-refractivity contribution is -0.118. The number of anilines is 1. The number of aliphatic hydroxyl groups excluding tert-OH is 1. The van der Waals surface area contributed by atoms with Crippen LogP contribution in [-0.2, 0) is 14.8 Å². The lowest BCUT2D eigenvalue weighted by Gasteiger charge is -2.24. The second-order valence-electron chi connectivity index (χ2n) is 5.09. The molecule has 0 bridgehead atoms. The molecule has 1 unspecified atom stereocenters. The van der Waals surface area contributed by atoms with Crippen LogP contribution in [0.15, 0.2) is 23.1 Å². The molecule has 2 heterocycles.